The normalized spacial score (nSPS) is 14.1. The molecular weight excluding hydrogens is 530 g/mol. The number of rotatable bonds is 9. The summed E-state index contributed by atoms with van der Waals surface area (Å²) in [5.74, 6) is 0.459. The first-order valence-corrected chi connectivity index (χ1v) is 14.2. The molecule has 200 valence electrons. The summed E-state index contributed by atoms with van der Waals surface area (Å²) in [6, 6.07) is 24.4. The molecule has 5 rings (SSSR count). The largest absolute Gasteiger partial charge is 0.497 e. The molecule has 1 N–H and O–H groups in total. The van der Waals surface area contributed by atoms with E-state index in [0.29, 0.717) is 29.3 Å². The molecule has 6 nitrogen and oxygen atoms in total. The first-order valence-electron chi connectivity index (χ1n) is 13.0. The Hall–Kier alpha value is -3.68. The van der Waals surface area contributed by atoms with Crippen LogP contribution in [-0.2, 0) is 22.6 Å². The Morgan fingerprint density at radius 1 is 1.00 bits per heavy atom. The van der Waals surface area contributed by atoms with E-state index in [9.17, 15) is 9.59 Å². The SMILES string of the molecule is COc1ccc(NC(=O)C2(N(Cc3nc(-c4ccc(Cl)cc4)cs3)C(=O)Cc3ccccc3)CCCC2)cc1. The van der Waals surface area contributed by atoms with Gasteiger partial charge in [-0.15, -0.1) is 11.3 Å². The number of amides is 2. The number of anilines is 1. The van der Waals surface area contributed by atoms with Crippen LogP contribution in [0.3, 0.4) is 0 Å². The number of benzene rings is 3. The lowest BCUT2D eigenvalue weighted by Crippen LogP contribution is -2.57. The average molecular weight is 560 g/mol. The van der Waals surface area contributed by atoms with Gasteiger partial charge in [0.15, 0.2) is 0 Å². The maximum Gasteiger partial charge on any atom is 0.250 e. The fraction of sp³-hybridized carbons (Fsp3) is 0.258. The number of halogens is 1. The van der Waals surface area contributed by atoms with Gasteiger partial charge >= 0.3 is 0 Å². The Kier molecular flexibility index (Phi) is 8.29. The molecule has 0 atom stereocenters. The zero-order chi connectivity index (χ0) is 27.2. The highest BCUT2D eigenvalue weighted by molar-refractivity contribution is 7.09. The summed E-state index contributed by atoms with van der Waals surface area (Å²) in [7, 11) is 1.61. The fourth-order valence-corrected chi connectivity index (χ4v) is 6.03. The molecule has 3 aromatic carbocycles. The molecule has 0 spiro atoms. The van der Waals surface area contributed by atoms with Gasteiger partial charge in [0, 0.05) is 21.7 Å². The second-order valence-electron chi connectivity index (χ2n) is 9.70. The lowest BCUT2D eigenvalue weighted by Gasteiger charge is -2.40. The van der Waals surface area contributed by atoms with E-state index in [-0.39, 0.29) is 24.8 Å². The summed E-state index contributed by atoms with van der Waals surface area (Å²) < 4.78 is 5.25. The number of methoxy groups -OCH3 is 1. The maximum absolute atomic E-state index is 14.0. The van der Waals surface area contributed by atoms with Crippen LogP contribution in [0.2, 0.25) is 5.02 Å². The summed E-state index contributed by atoms with van der Waals surface area (Å²) >= 11 is 7.55. The van der Waals surface area contributed by atoms with E-state index in [4.69, 9.17) is 21.3 Å². The van der Waals surface area contributed by atoms with E-state index in [0.717, 1.165) is 34.7 Å². The Morgan fingerprint density at radius 2 is 1.69 bits per heavy atom. The lowest BCUT2D eigenvalue weighted by atomic mass is 9.92. The number of nitrogens with one attached hydrogen (secondary N) is 1. The Bertz CT molecular complexity index is 1420. The van der Waals surface area contributed by atoms with Crippen LogP contribution in [0.15, 0.2) is 84.2 Å². The quantitative estimate of drug-likeness (QED) is 0.240. The summed E-state index contributed by atoms with van der Waals surface area (Å²) in [6.07, 6.45) is 3.17. The van der Waals surface area contributed by atoms with E-state index >= 15 is 0 Å². The predicted octanol–water partition coefficient (Wildman–Crippen LogP) is 6.99. The number of hydrogen-bond donors (Lipinski definition) is 1. The van der Waals surface area contributed by atoms with E-state index in [1.165, 1.54) is 11.3 Å². The molecule has 39 heavy (non-hydrogen) atoms. The molecule has 1 heterocycles. The molecule has 4 aromatic rings. The van der Waals surface area contributed by atoms with Gasteiger partial charge in [0.1, 0.15) is 16.3 Å². The number of nitrogens with zero attached hydrogens (tertiary/aromatic N) is 2. The first-order chi connectivity index (χ1) is 19.0. The van der Waals surface area contributed by atoms with Crippen molar-refractivity contribution in [3.63, 3.8) is 0 Å². The van der Waals surface area contributed by atoms with Crippen LogP contribution in [0.25, 0.3) is 11.3 Å². The average Bonchev–Trinajstić information content (AvgIpc) is 3.64. The Labute approximate surface area is 237 Å². The molecule has 1 aliphatic rings. The van der Waals surface area contributed by atoms with Crippen LogP contribution in [0.5, 0.6) is 5.75 Å². The number of aromatic nitrogens is 1. The van der Waals surface area contributed by atoms with Crippen molar-refractivity contribution in [3.8, 4) is 17.0 Å². The monoisotopic (exact) mass is 559 g/mol. The van der Waals surface area contributed by atoms with Crippen molar-refractivity contribution in [3.05, 3.63) is 99.8 Å². The van der Waals surface area contributed by atoms with Crippen molar-refractivity contribution >= 4 is 40.4 Å². The molecular formula is C31H30ClN3O3S. The first kappa shape index (κ1) is 26.9. The van der Waals surface area contributed by atoms with Crippen molar-refractivity contribution < 1.29 is 14.3 Å². The fourth-order valence-electron chi connectivity index (χ4n) is 5.12. The number of carbonyl (C=O) groups is 2. The van der Waals surface area contributed by atoms with Crippen LogP contribution < -0.4 is 10.1 Å². The molecule has 2 amide bonds. The standard InChI is InChI=1S/C31H30ClN3O3S/c1-38-26-15-13-25(14-16-26)33-30(37)31(17-5-6-18-31)35(29(36)19-22-7-3-2-4-8-22)20-28-34-27(21-39-28)23-9-11-24(32)12-10-23/h2-4,7-16,21H,5-6,17-20H2,1H3,(H,33,37). The zero-order valence-electron chi connectivity index (χ0n) is 21.7. The van der Waals surface area contributed by atoms with Gasteiger partial charge in [0.05, 0.1) is 25.8 Å². The van der Waals surface area contributed by atoms with Crippen molar-refractivity contribution in [2.45, 2.75) is 44.2 Å². The topological polar surface area (TPSA) is 71.5 Å². The molecule has 1 fully saturated rings. The number of carbonyl (C=O) groups excluding carboxylic acids is 2. The van der Waals surface area contributed by atoms with Gasteiger partial charge < -0.3 is 15.0 Å². The van der Waals surface area contributed by atoms with Crippen molar-refractivity contribution in [2.75, 3.05) is 12.4 Å². The van der Waals surface area contributed by atoms with Crippen molar-refractivity contribution in [2.24, 2.45) is 0 Å². The highest BCUT2D eigenvalue weighted by atomic mass is 35.5. The Morgan fingerprint density at radius 3 is 2.36 bits per heavy atom. The Balaban J connectivity index is 1.45. The molecule has 1 aliphatic carbocycles. The molecule has 0 saturated heterocycles. The van der Waals surface area contributed by atoms with Crippen LogP contribution >= 0.6 is 22.9 Å². The third kappa shape index (κ3) is 6.15. The summed E-state index contributed by atoms with van der Waals surface area (Å²) in [5.41, 5.74) is 2.40. The van der Waals surface area contributed by atoms with Crippen LogP contribution in [0.1, 0.15) is 36.3 Å². The highest BCUT2D eigenvalue weighted by Crippen LogP contribution is 2.39. The minimum Gasteiger partial charge on any atom is -0.497 e. The molecule has 0 radical (unpaired) electrons. The second-order valence-corrected chi connectivity index (χ2v) is 11.1. The zero-order valence-corrected chi connectivity index (χ0v) is 23.3. The third-order valence-electron chi connectivity index (χ3n) is 7.20. The number of thiazole rings is 1. The number of ether oxygens (including phenoxy) is 1. The van der Waals surface area contributed by atoms with Gasteiger partial charge in [-0.05, 0) is 54.8 Å². The minimum absolute atomic E-state index is 0.0868. The van der Waals surface area contributed by atoms with E-state index in [1.807, 2.05) is 84.2 Å². The van der Waals surface area contributed by atoms with E-state index in [2.05, 4.69) is 5.32 Å². The van der Waals surface area contributed by atoms with Crippen molar-refractivity contribution in [1.29, 1.82) is 0 Å². The highest BCUT2D eigenvalue weighted by Gasteiger charge is 2.48. The minimum atomic E-state index is -0.960. The van der Waals surface area contributed by atoms with Gasteiger partial charge in [0.2, 0.25) is 11.8 Å². The van der Waals surface area contributed by atoms with Crippen LogP contribution in [0.4, 0.5) is 5.69 Å². The summed E-state index contributed by atoms with van der Waals surface area (Å²) in [5, 5.41) is 6.51. The van der Waals surface area contributed by atoms with Gasteiger partial charge in [0.25, 0.3) is 0 Å². The predicted molar refractivity (Wildman–Crippen MR) is 156 cm³/mol. The molecule has 0 bridgehead atoms. The third-order valence-corrected chi connectivity index (χ3v) is 8.29. The molecule has 0 aliphatic heterocycles. The maximum atomic E-state index is 14.0. The van der Waals surface area contributed by atoms with E-state index in [1.54, 1.807) is 12.0 Å². The van der Waals surface area contributed by atoms with E-state index < -0.39 is 5.54 Å². The molecule has 0 unspecified atom stereocenters. The van der Waals surface area contributed by atoms with Gasteiger partial charge in [-0.1, -0.05) is 66.9 Å². The van der Waals surface area contributed by atoms with Gasteiger partial charge in [-0.3, -0.25) is 9.59 Å². The summed E-state index contributed by atoms with van der Waals surface area (Å²) in [4.78, 5) is 34.5. The number of hydrogen-bond acceptors (Lipinski definition) is 5. The molecule has 8 heteroatoms. The van der Waals surface area contributed by atoms with Crippen LogP contribution in [0, 0.1) is 0 Å². The van der Waals surface area contributed by atoms with Gasteiger partial charge in [-0.2, -0.15) is 0 Å². The molecule has 1 saturated carbocycles. The second kappa shape index (κ2) is 12.0. The van der Waals surface area contributed by atoms with Gasteiger partial charge in [-0.25, -0.2) is 4.98 Å². The van der Waals surface area contributed by atoms with Crippen molar-refractivity contribution in [1.82, 2.24) is 9.88 Å². The lowest BCUT2D eigenvalue weighted by molar-refractivity contribution is -0.145. The smallest absolute Gasteiger partial charge is 0.250 e. The molecule has 1 aromatic heterocycles. The summed E-state index contributed by atoms with van der Waals surface area (Å²) in [6.45, 7) is 0.264. The van der Waals surface area contributed by atoms with Crippen LogP contribution in [-0.4, -0.2) is 34.3 Å².